The summed E-state index contributed by atoms with van der Waals surface area (Å²) in [6, 6.07) is 6.91. The van der Waals surface area contributed by atoms with Gasteiger partial charge in [-0.1, -0.05) is 41.9 Å². The third-order valence-electron chi connectivity index (χ3n) is 3.05. The van der Waals surface area contributed by atoms with Crippen molar-refractivity contribution in [3.63, 3.8) is 0 Å². The molecule has 0 aliphatic heterocycles. The highest BCUT2D eigenvalue weighted by Crippen LogP contribution is 2.30. The van der Waals surface area contributed by atoms with Crippen LogP contribution in [0, 0.1) is 0 Å². The van der Waals surface area contributed by atoms with Gasteiger partial charge in [0, 0.05) is 10.5 Å². The zero-order valence-corrected chi connectivity index (χ0v) is 12.0. The zero-order chi connectivity index (χ0) is 12.1. The molecule has 16 heavy (non-hydrogen) atoms. The molecule has 0 saturated carbocycles. The van der Waals surface area contributed by atoms with Gasteiger partial charge in [0.1, 0.15) is 0 Å². The second-order valence-corrected chi connectivity index (χ2v) is 5.41. The summed E-state index contributed by atoms with van der Waals surface area (Å²) in [5, 5.41) is 0. The van der Waals surface area contributed by atoms with Crippen LogP contribution in [0.5, 0.6) is 0 Å². The zero-order valence-electron chi connectivity index (χ0n) is 10.5. The third-order valence-corrected chi connectivity index (χ3v) is 3.73. The molecule has 1 unspecified atom stereocenters. The molecule has 0 heterocycles. The van der Waals surface area contributed by atoms with Gasteiger partial charge in [0.05, 0.1) is 0 Å². The molecular weight excluding hydrogens is 262 g/mol. The van der Waals surface area contributed by atoms with Crippen molar-refractivity contribution in [3.05, 3.63) is 33.8 Å². The Morgan fingerprint density at radius 2 is 1.88 bits per heavy atom. The van der Waals surface area contributed by atoms with Gasteiger partial charge in [-0.3, -0.25) is 0 Å². The van der Waals surface area contributed by atoms with Crippen LogP contribution in [0.3, 0.4) is 0 Å². The van der Waals surface area contributed by atoms with Crippen molar-refractivity contribution in [3.8, 4) is 0 Å². The first-order valence-electron chi connectivity index (χ1n) is 6.12. The molecule has 2 N–H and O–H groups in total. The first kappa shape index (κ1) is 13.7. The highest BCUT2D eigenvalue weighted by molar-refractivity contribution is 9.10. The lowest BCUT2D eigenvalue weighted by Gasteiger charge is -2.16. The van der Waals surface area contributed by atoms with E-state index in [4.69, 9.17) is 5.73 Å². The topological polar surface area (TPSA) is 26.0 Å². The molecule has 1 nitrogen and oxygen atoms in total. The number of hydrogen-bond donors (Lipinski definition) is 1. The van der Waals surface area contributed by atoms with Gasteiger partial charge >= 0.3 is 0 Å². The molecule has 0 saturated heterocycles. The molecule has 0 bridgehead atoms. The molecule has 0 spiro atoms. The molecule has 0 aliphatic rings. The van der Waals surface area contributed by atoms with E-state index < -0.39 is 0 Å². The average Bonchev–Trinajstić information content (AvgIpc) is 2.21. The molecule has 0 aromatic heterocycles. The van der Waals surface area contributed by atoms with Crippen LogP contribution in [0.15, 0.2) is 22.7 Å². The van der Waals surface area contributed by atoms with Crippen LogP contribution in [0.4, 0.5) is 0 Å². The van der Waals surface area contributed by atoms with E-state index in [0.717, 1.165) is 6.42 Å². The van der Waals surface area contributed by atoms with Crippen LogP contribution in [0.25, 0.3) is 0 Å². The van der Waals surface area contributed by atoms with Crippen LogP contribution in [-0.4, -0.2) is 6.04 Å². The molecule has 1 rings (SSSR count). The minimum absolute atomic E-state index is 0.228. The summed E-state index contributed by atoms with van der Waals surface area (Å²) in [5.74, 6) is 0.665. The second kappa shape index (κ2) is 6.41. The van der Waals surface area contributed by atoms with Crippen LogP contribution in [-0.2, 0) is 6.42 Å². The summed E-state index contributed by atoms with van der Waals surface area (Å²) < 4.78 is 1.24. The Balaban J connectivity index is 2.90. The van der Waals surface area contributed by atoms with E-state index in [1.54, 1.807) is 0 Å². The monoisotopic (exact) mass is 283 g/mol. The molecular formula is C14H22BrN. The summed E-state index contributed by atoms with van der Waals surface area (Å²) in [7, 11) is 0. The van der Waals surface area contributed by atoms with Crippen molar-refractivity contribution in [1.82, 2.24) is 0 Å². The molecule has 1 atom stereocenters. The van der Waals surface area contributed by atoms with Crippen LogP contribution in [0.1, 0.15) is 50.7 Å². The summed E-state index contributed by atoms with van der Waals surface area (Å²) in [6.45, 7) is 6.54. The third kappa shape index (κ3) is 3.60. The summed E-state index contributed by atoms with van der Waals surface area (Å²) in [4.78, 5) is 0. The Morgan fingerprint density at radius 3 is 2.31 bits per heavy atom. The molecule has 0 amide bonds. The number of benzene rings is 1. The molecule has 1 aromatic carbocycles. The van der Waals surface area contributed by atoms with Gasteiger partial charge < -0.3 is 5.73 Å². The number of nitrogens with two attached hydrogens (primary N) is 1. The van der Waals surface area contributed by atoms with E-state index in [9.17, 15) is 0 Å². The lowest BCUT2D eigenvalue weighted by molar-refractivity contribution is 0.638. The molecule has 0 fully saturated rings. The highest BCUT2D eigenvalue weighted by Gasteiger charge is 2.11. The Hall–Kier alpha value is -0.340. The molecule has 2 heteroatoms. The Kier molecular flexibility index (Phi) is 5.50. The van der Waals surface area contributed by atoms with Gasteiger partial charge in [0.25, 0.3) is 0 Å². The van der Waals surface area contributed by atoms with Crippen LogP contribution < -0.4 is 5.73 Å². The maximum atomic E-state index is 5.81. The van der Waals surface area contributed by atoms with E-state index >= 15 is 0 Å². The fourth-order valence-corrected chi connectivity index (χ4v) is 2.88. The van der Waals surface area contributed by atoms with Crippen LogP contribution in [0.2, 0.25) is 0 Å². The predicted octanol–water partition coefficient (Wildman–Crippen LogP) is 4.24. The second-order valence-electron chi connectivity index (χ2n) is 4.55. The van der Waals surface area contributed by atoms with Gasteiger partial charge in [0.15, 0.2) is 0 Å². The first-order valence-corrected chi connectivity index (χ1v) is 6.91. The lowest BCUT2D eigenvalue weighted by atomic mass is 9.92. The SMILES string of the molecule is CCC(CC)c1ccc(CC(C)N)cc1Br. The fraction of sp³-hybridized carbons (Fsp3) is 0.571. The maximum absolute atomic E-state index is 5.81. The number of halogens is 1. The smallest absolute Gasteiger partial charge is 0.0212 e. The number of hydrogen-bond acceptors (Lipinski definition) is 1. The normalized spacial score (nSPS) is 13.1. The van der Waals surface area contributed by atoms with Gasteiger partial charge in [0.2, 0.25) is 0 Å². The van der Waals surface area contributed by atoms with E-state index in [1.165, 1.54) is 28.4 Å². The molecule has 0 radical (unpaired) electrons. The Morgan fingerprint density at radius 1 is 1.25 bits per heavy atom. The van der Waals surface area contributed by atoms with Crippen LogP contribution >= 0.6 is 15.9 Å². The molecule has 1 aromatic rings. The summed E-state index contributed by atoms with van der Waals surface area (Å²) >= 11 is 3.68. The summed E-state index contributed by atoms with van der Waals surface area (Å²) in [6.07, 6.45) is 3.34. The predicted molar refractivity (Wildman–Crippen MR) is 74.8 cm³/mol. The van der Waals surface area contributed by atoms with E-state index in [0.29, 0.717) is 5.92 Å². The Labute approximate surface area is 108 Å². The van der Waals surface area contributed by atoms with E-state index in [2.05, 4.69) is 48.0 Å². The lowest BCUT2D eigenvalue weighted by Crippen LogP contribution is -2.17. The summed E-state index contributed by atoms with van der Waals surface area (Å²) in [5.41, 5.74) is 8.55. The molecule has 90 valence electrons. The van der Waals surface area contributed by atoms with Gasteiger partial charge in [-0.2, -0.15) is 0 Å². The van der Waals surface area contributed by atoms with Gasteiger partial charge in [-0.15, -0.1) is 0 Å². The standard InChI is InChI=1S/C14H22BrN/c1-4-12(5-2)13-7-6-11(8-10(3)16)9-14(13)15/h6-7,9-10,12H,4-5,8,16H2,1-3H3. The van der Waals surface area contributed by atoms with E-state index in [-0.39, 0.29) is 6.04 Å². The first-order chi connectivity index (χ1) is 7.58. The fourth-order valence-electron chi connectivity index (χ4n) is 2.13. The molecule has 0 aliphatic carbocycles. The average molecular weight is 284 g/mol. The minimum atomic E-state index is 0.228. The Bertz CT molecular complexity index is 330. The maximum Gasteiger partial charge on any atom is 0.0212 e. The van der Waals surface area contributed by atoms with E-state index in [1.807, 2.05) is 6.92 Å². The van der Waals surface area contributed by atoms with Crippen molar-refractivity contribution in [1.29, 1.82) is 0 Å². The van der Waals surface area contributed by atoms with Gasteiger partial charge in [-0.25, -0.2) is 0 Å². The van der Waals surface area contributed by atoms with Crippen molar-refractivity contribution >= 4 is 15.9 Å². The highest BCUT2D eigenvalue weighted by atomic mass is 79.9. The quantitative estimate of drug-likeness (QED) is 0.859. The number of rotatable bonds is 5. The van der Waals surface area contributed by atoms with Crippen molar-refractivity contribution in [2.75, 3.05) is 0 Å². The minimum Gasteiger partial charge on any atom is -0.328 e. The van der Waals surface area contributed by atoms with Crippen molar-refractivity contribution < 1.29 is 0 Å². The van der Waals surface area contributed by atoms with Gasteiger partial charge in [-0.05, 0) is 49.3 Å². The van der Waals surface area contributed by atoms with Crippen molar-refractivity contribution in [2.24, 2.45) is 5.73 Å². The van der Waals surface area contributed by atoms with Crippen molar-refractivity contribution in [2.45, 2.75) is 52.0 Å². The largest absolute Gasteiger partial charge is 0.328 e.